The number of rotatable bonds is 5. The first-order valence-corrected chi connectivity index (χ1v) is 8.52. The van der Waals surface area contributed by atoms with E-state index in [1.165, 1.54) is 0 Å². The number of nitrogens with zero attached hydrogens (tertiary/aromatic N) is 2. The van der Waals surface area contributed by atoms with Crippen LogP contribution in [-0.2, 0) is 0 Å². The maximum Gasteiger partial charge on any atom is 0.229 e. The molecule has 0 amide bonds. The predicted octanol–water partition coefficient (Wildman–Crippen LogP) is 5.13. The molecule has 0 aliphatic heterocycles. The van der Waals surface area contributed by atoms with E-state index in [0.717, 1.165) is 28.0 Å². The van der Waals surface area contributed by atoms with Crippen LogP contribution in [0, 0.1) is 0 Å². The molecule has 0 spiro atoms. The van der Waals surface area contributed by atoms with Crippen LogP contribution in [0.3, 0.4) is 0 Å². The fraction of sp³-hybridized carbons (Fsp3) is 0.0476. The highest BCUT2D eigenvalue weighted by molar-refractivity contribution is 5.94. The van der Waals surface area contributed by atoms with Gasteiger partial charge in [0.1, 0.15) is 11.6 Å². The molecule has 4 rings (SSSR count). The Morgan fingerprint density at radius 2 is 1.61 bits per heavy atom. The van der Waals surface area contributed by atoms with Gasteiger partial charge in [0.25, 0.3) is 0 Å². The van der Waals surface area contributed by atoms with Crippen LogP contribution in [0.25, 0.3) is 10.9 Å². The summed E-state index contributed by atoms with van der Waals surface area (Å²) >= 11 is 0. The molecule has 4 N–H and O–H groups in total. The summed E-state index contributed by atoms with van der Waals surface area (Å²) in [6, 6.07) is 23.1. The van der Waals surface area contributed by atoms with E-state index in [1.807, 2.05) is 72.8 Å². The van der Waals surface area contributed by atoms with Crippen LogP contribution in [0.15, 0.2) is 72.8 Å². The van der Waals surface area contributed by atoms with E-state index >= 15 is 0 Å². The fourth-order valence-electron chi connectivity index (χ4n) is 2.79. The van der Waals surface area contributed by atoms with E-state index in [9.17, 15) is 0 Å². The number of nitrogens with two attached hydrogens (primary N) is 1. The highest BCUT2D eigenvalue weighted by Gasteiger charge is 2.09. The molecule has 1 aromatic heterocycles. The smallest absolute Gasteiger partial charge is 0.229 e. The maximum atomic E-state index is 5.97. The summed E-state index contributed by atoms with van der Waals surface area (Å²) in [7, 11) is 1.64. The zero-order chi connectivity index (χ0) is 18.6. The van der Waals surface area contributed by atoms with E-state index < -0.39 is 0 Å². The van der Waals surface area contributed by atoms with Crippen molar-refractivity contribution in [1.82, 2.24) is 9.97 Å². The van der Waals surface area contributed by atoms with Gasteiger partial charge in [0.15, 0.2) is 0 Å². The van der Waals surface area contributed by atoms with Crippen molar-refractivity contribution in [3.63, 3.8) is 0 Å². The monoisotopic (exact) mass is 393 g/mol. The summed E-state index contributed by atoms with van der Waals surface area (Å²) in [5.41, 5.74) is 9.20. The lowest BCUT2D eigenvalue weighted by Gasteiger charge is -2.13. The molecule has 28 heavy (non-hydrogen) atoms. The second-order valence-electron chi connectivity index (χ2n) is 6.02. The molecule has 0 aliphatic carbocycles. The summed E-state index contributed by atoms with van der Waals surface area (Å²) in [4.78, 5) is 9.27. The summed E-state index contributed by atoms with van der Waals surface area (Å²) in [6.07, 6.45) is 0. The minimum Gasteiger partial charge on any atom is -0.497 e. The van der Waals surface area contributed by atoms with Crippen molar-refractivity contribution >= 4 is 52.1 Å². The number of methoxy groups -OCH3 is 1. The number of hydrogen-bond acceptors (Lipinski definition) is 6. The summed E-state index contributed by atoms with van der Waals surface area (Å²) < 4.78 is 5.27. The van der Waals surface area contributed by atoms with Gasteiger partial charge in [-0.15, -0.1) is 12.4 Å². The Hall–Kier alpha value is -3.51. The number of hydrogen-bond donors (Lipinski definition) is 3. The van der Waals surface area contributed by atoms with Crippen LogP contribution < -0.4 is 21.1 Å². The third kappa shape index (κ3) is 4.24. The van der Waals surface area contributed by atoms with Gasteiger partial charge in [-0.3, -0.25) is 0 Å². The number of benzene rings is 3. The molecule has 0 fully saturated rings. The average molecular weight is 394 g/mol. The largest absolute Gasteiger partial charge is 0.497 e. The fourth-order valence-corrected chi connectivity index (χ4v) is 2.79. The van der Waals surface area contributed by atoms with Crippen molar-refractivity contribution < 1.29 is 4.74 Å². The zero-order valence-electron chi connectivity index (χ0n) is 15.2. The van der Waals surface area contributed by atoms with Crippen molar-refractivity contribution in [3.8, 4) is 5.75 Å². The van der Waals surface area contributed by atoms with Crippen molar-refractivity contribution in [3.05, 3.63) is 72.8 Å². The van der Waals surface area contributed by atoms with Crippen molar-refractivity contribution in [1.29, 1.82) is 0 Å². The molecule has 1 heterocycles. The Bertz CT molecular complexity index is 1090. The van der Waals surface area contributed by atoms with Crippen molar-refractivity contribution in [2.24, 2.45) is 0 Å². The molecule has 0 saturated heterocycles. The van der Waals surface area contributed by atoms with E-state index in [-0.39, 0.29) is 12.4 Å². The third-order valence-corrected chi connectivity index (χ3v) is 4.08. The van der Waals surface area contributed by atoms with Gasteiger partial charge in [-0.25, -0.2) is 4.98 Å². The summed E-state index contributed by atoms with van der Waals surface area (Å²) in [5, 5.41) is 7.45. The highest BCUT2D eigenvalue weighted by Crippen LogP contribution is 2.28. The molecule has 0 radical (unpaired) electrons. The van der Waals surface area contributed by atoms with Crippen LogP contribution in [0.1, 0.15) is 0 Å². The third-order valence-electron chi connectivity index (χ3n) is 4.08. The predicted molar refractivity (Wildman–Crippen MR) is 117 cm³/mol. The molecule has 0 bridgehead atoms. The highest BCUT2D eigenvalue weighted by atomic mass is 35.5. The van der Waals surface area contributed by atoms with E-state index in [2.05, 4.69) is 20.6 Å². The first-order valence-electron chi connectivity index (χ1n) is 8.52. The second kappa shape index (κ2) is 8.45. The van der Waals surface area contributed by atoms with E-state index in [4.69, 9.17) is 10.5 Å². The van der Waals surface area contributed by atoms with Crippen LogP contribution in [0.5, 0.6) is 5.75 Å². The van der Waals surface area contributed by atoms with Gasteiger partial charge < -0.3 is 21.1 Å². The lowest BCUT2D eigenvalue weighted by atomic mass is 10.2. The first kappa shape index (κ1) is 19.3. The number of fused-ring (bicyclic) bond motifs is 1. The molecule has 3 aromatic carbocycles. The van der Waals surface area contributed by atoms with Crippen LogP contribution in [0.4, 0.5) is 28.8 Å². The van der Waals surface area contributed by atoms with Gasteiger partial charge in [0.05, 0.1) is 12.6 Å². The molecule has 0 aliphatic rings. The minimum atomic E-state index is 0. The summed E-state index contributed by atoms with van der Waals surface area (Å²) in [5.74, 6) is 1.93. The number of nitrogens with one attached hydrogen (secondary N) is 2. The topological polar surface area (TPSA) is 85.1 Å². The molecule has 0 atom stereocenters. The molecule has 4 aromatic rings. The number of ether oxygens (including phenoxy) is 1. The van der Waals surface area contributed by atoms with Crippen LogP contribution in [0.2, 0.25) is 0 Å². The number of anilines is 5. The molecular weight excluding hydrogens is 374 g/mol. The Kier molecular flexibility index (Phi) is 5.81. The van der Waals surface area contributed by atoms with Crippen molar-refractivity contribution in [2.45, 2.75) is 0 Å². The van der Waals surface area contributed by atoms with Crippen molar-refractivity contribution in [2.75, 3.05) is 23.5 Å². The van der Waals surface area contributed by atoms with Crippen LogP contribution in [-0.4, -0.2) is 17.1 Å². The zero-order valence-corrected chi connectivity index (χ0v) is 16.0. The Balaban J connectivity index is 0.00000225. The van der Waals surface area contributed by atoms with Gasteiger partial charge in [-0.05, 0) is 42.5 Å². The normalized spacial score (nSPS) is 10.2. The maximum absolute atomic E-state index is 5.97. The van der Waals surface area contributed by atoms with Gasteiger partial charge in [0.2, 0.25) is 5.95 Å². The first-order chi connectivity index (χ1) is 13.2. The molecule has 0 saturated carbocycles. The van der Waals surface area contributed by atoms with Gasteiger partial charge in [0, 0.05) is 28.5 Å². The van der Waals surface area contributed by atoms with Gasteiger partial charge in [-0.2, -0.15) is 4.98 Å². The minimum absolute atomic E-state index is 0. The lowest BCUT2D eigenvalue weighted by Crippen LogP contribution is -2.03. The number of aromatic nitrogens is 2. The lowest BCUT2D eigenvalue weighted by molar-refractivity contribution is 0.415. The molecular formula is C21H20ClN5O. The second-order valence-corrected chi connectivity index (χ2v) is 6.02. The SMILES string of the molecule is COc1cccc(Nc2nc(Nc3ccccc3)c3cc(N)ccc3n2)c1.Cl. The van der Waals surface area contributed by atoms with E-state index in [1.54, 1.807) is 7.11 Å². The van der Waals surface area contributed by atoms with Gasteiger partial charge >= 0.3 is 0 Å². The quantitative estimate of drug-likeness (QED) is 0.407. The average Bonchev–Trinajstić information content (AvgIpc) is 2.69. The summed E-state index contributed by atoms with van der Waals surface area (Å²) in [6.45, 7) is 0. The Morgan fingerprint density at radius 1 is 0.821 bits per heavy atom. The number of halogens is 1. The number of nitrogen functional groups attached to an aromatic ring is 1. The van der Waals surface area contributed by atoms with Gasteiger partial charge in [-0.1, -0.05) is 24.3 Å². The van der Waals surface area contributed by atoms with Crippen LogP contribution >= 0.6 is 12.4 Å². The number of para-hydroxylation sites is 1. The molecule has 0 unspecified atom stereocenters. The molecule has 7 heteroatoms. The van der Waals surface area contributed by atoms with E-state index in [0.29, 0.717) is 17.5 Å². The Morgan fingerprint density at radius 3 is 2.39 bits per heavy atom. The standard InChI is InChI=1S/C21H19N5O.ClH/c1-27-17-9-5-8-16(13-17)24-21-25-19-11-10-14(22)12-18(19)20(26-21)23-15-6-3-2-4-7-15;/h2-13H,22H2,1H3,(H2,23,24,25,26);1H. The Labute approximate surface area is 169 Å². The molecule has 6 nitrogen and oxygen atoms in total. The molecule has 142 valence electrons.